The highest BCUT2D eigenvalue weighted by Gasteiger charge is 2.19. The van der Waals surface area contributed by atoms with E-state index in [0.717, 1.165) is 10.4 Å². The average Bonchev–Trinajstić information content (AvgIpc) is 2.80. The van der Waals surface area contributed by atoms with E-state index in [0.29, 0.717) is 16.0 Å². The van der Waals surface area contributed by atoms with Gasteiger partial charge in [0.15, 0.2) is 11.9 Å². The summed E-state index contributed by atoms with van der Waals surface area (Å²) in [7, 11) is 0. The Bertz CT molecular complexity index is 910. The number of H-pyrrole nitrogens is 1. The van der Waals surface area contributed by atoms with Crippen LogP contribution in [0.2, 0.25) is 0 Å². The molecule has 2 aromatic heterocycles. The van der Waals surface area contributed by atoms with Crippen molar-refractivity contribution < 1.29 is 19.1 Å². The average molecular weight is 395 g/mol. The first kappa shape index (κ1) is 20.9. The second-order valence-electron chi connectivity index (χ2n) is 7.23. The molecule has 2 rings (SSSR count). The lowest BCUT2D eigenvalue weighted by Gasteiger charge is -2.19. The molecule has 0 aliphatic rings. The van der Waals surface area contributed by atoms with Crippen LogP contribution in [0, 0.1) is 13.8 Å². The zero-order valence-electron chi connectivity index (χ0n) is 16.4. The van der Waals surface area contributed by atoms with Crippen LogP contribution < -0.4 is 10.9 Å². The van der Waals surface area contributed by atoms with Crippen LogP contribution in [0.5, 0.6) is 0 Å². The molecule has 0 spiro atoms. The van der Waals surface area contributed by atoms with Crippen molar-refractivity contribution in [1.82, 2.24) is 15.3 Å². The van der Waals surface area contributed by atoms with Gasteiger partial charge in [0, 0.05) is 11.4 Å². The fourth-order valence-electron chi connectivity index (χ4n) is 2.36. The number of fused-ring (bicyclic) bond motifs is 1. The van der Waals surface area contributed by atoms with Gasteiger partial charge in [-0.15, -0.1) is 11.3 Å². The largest absolute Gasteiger partial charge is 0.454 e. The quantitative estimate of drug-likeness (QED) is 0.753. The summed E-state index contributed by atoms with van der Waals surface area (Å²) >= 11 is 1.43. The summed E-state index contributed by atoms with van der Waals surface area (Å²) in [6.45, 7) is 10.8. The Hall–Kier alpha value is -2.42. The van der Waals surface area contributed by atoms with Crippen molar-refractivity contribution in [3.63, 3.8) is 0 Å². The second kappa shape index (κ2) is 8.08. The summed E-state index contributed by atoms with van der Waals surface area (Å²) < 4.78 is 10.4. The van der Waals surface area contributed by atoms with Gasteiger partial charge in [0.25, 0.3) is 5.56 Å². The molecule has 9 heteroatoms. The number of carbonyl (C=O) groups is 2. The van der Waals surface area contributed by atoms with Gasteiger partial charge in [0.05, 0.1) is 11.8 Å². The monoisotopic (exact) mass is 395 g/mol. The van der Waals surface area contributed by atoms with Gasteiger partial charge in [-0.05, 0) is 47.1 Å². The highest BCUT2D eigenvalue weighted by atomic mass is 32.1. The number of esters is 1. The van der Waals surface area contributed by atoms with Gasteiger partial charge in [-0.2, -0.15) is 0 Å². The van der Waals surface area contributed by atoms with Crippen molar-refractivity contribution in [2.24, 2.45) is 0 Å². The van der Waals surface area contributed by atoms with E-state index < -0.39 is 23.8 Å². The minimum absolute atomic E-state index is 0.0206. The predicted octanol–water partition coefficient (Wildman–Crippen LogP) is 3.12. The van der Waals surface area contributed by atoms with Crippen molar-refractivity contribution in [2.75, 3.05) is 6.54 Å². The molecule has 148 valence electrons. The highest BCUT2D eigenvalue weighted by molar-refractivity contribution is 7.18. The molecule has 27 heavy (non-hydrogen) atoms. The third-order valence-corrected chi connectivity index (χ3v) is 4.85. The number of thiophene rings is 1. The first-order valence-electron chi connectivity index (χ1n) is 8.64. The summed E-state index contributed by atoms with van der Waals surface area (Å²) in [6, 6.07) is 0. The minimum Gasteiger partial charge on any atom is -0.454 e. The number of hydrogen-bond donors (Lipinski definition) is 2. The molecule has 1 amide bonds. The van der Waals surface area contributed by atoms with Crippen LogP contribution in [0.1, 0.15) is 56.5 Å². The lowest BCUT2D eigenvalue weighted by atomic mass is 10.2. The van der Waals surface area contributed by atoms with E-state index in [1.165, 1.54) is 11.3 Å². The molecule has 0 fully saturated rings. The topological polar surface area (TPSA) is 110 Å². The number of rotatable bonds is 5. The second-order valence-corrected chi connectivity index (χ2v) is 8.43. The van der Waals surface area contributed by atoms with Gasteiger partial charge in [0.2, 0.25) is 0 Å². The maximum atomic E-state index is 12.3. The molecule has 1 atom stereocenters. The zero-order valence-corrected chi connectivity index (χ0v) is 17.2. The standard InChI is InChI=1S/C18H25N3O5S/c1-9-11(3)27-16-13(9)15(23)20-14(21-16)10(2)25-12(22)7-8-19-17(24)26-18(4,5)6/h10H,7-8H2,1-6H3,(H,19,24)(H,20,21,23)/t10-/m1/s1. The van der Waals surface area contributed by atoms with E-state index in [2.05, 4.69) is 15.3 Å². The molecular weight excluding hydrogens is 370 g/mol. The van der Waals surface area contributed by atoms with E-state index in [-0.39, 0.29) is 18.5 Å². The molecule has 0 saturated heterocycles. The Morgan fingerprint density at radius 1 is 1.30 bits per heavy atom. The van der Waals surface area contributed by atoms with Gasteiger partial charge < -0.3 is 19.8 Å². The van der Waals surface area contributed by atoms with Gasteiger partial charge in [0.1, 0.15) is 10.4 Å². The number of aromatic nitrogens is 2. The van der Waals surface area contributed by atoms with E-state index in [1.807, 2.05) is 13.8 Å². The van der Waals surface area contributed by atoms with Crippen LogP contribution in [0.4, 0.5) is 4.79 Å². The summed E-state index contributed by atoms with van der Waals surface area (Å²) in [5.74, 6) is -0.220. The van der Waals surface area contributed by atoms with Gasteiger partial charge in [-0.1, -0.05) is 0 Å². The maximum absolute atomic E-state index is 12.3. The number of carbonyl (C=O) groups excluding carboxylic acids is 2. The number of alkyl carbamates (subject to hydrolysis) is 1. The van der Waals surface area contributed by atoms with Crippen molar-refractivity contribution in [1.29, 1.82) is 0 Å². The predicted molar refractivity (Wildman–Crippen MR) is 103 cm³/mol. The Morgan fingerprint density at radius 3 is 2.59 bits per heavy atom. The van der Waals surface area contributed by atoms with E-state index in [1.54, 1.807) is 27.7 Å². The molecule has 0 unspecified atom stereocenters. The van der Waals surface area contributed by atoms with Crippen molar-refractivity contribution in [3.8, 4) is 0 Å². The fraction of sp³-hybridized carbons (Fsp3) is 0.556. The molecule has 0 bridgehead atoms. The lowest BCUT2D eigenvalue weighted by molar-refractivity contribution is -0.148. The van der Waals surface area contributed by atoms with E-state index in [4.69, 9.17) is 9.47 Å². The molecule has 0 saturated carbocycles. The van der Waals surface area contributed by atoms with Crippen LogP contribution in [0.15, 0.2) is 4.79 Å². The SMILES string of the molecule is Cc1sc2nc([C@@H](C)OC(=O)CCNC(=O)OC(C)(C)C)[nH]c(=O)c2c1C. The summed E-state index contributed by atoms with van der Waals surface area (Å²) in [5.41, 5.74) is 0.0628. The molecule has 8 nitrogen and oxygen atoms in total. The Labute approximate surface area is 161 Å². The van der Waals surface area contributed by atoms with Crippen molar-refractivity contribution in [2.45, 2.75) is 59.7 Å². The Morgan fingerprint density at radius 2 is 1.96 bits per heavy atom. The van der Waals surface area contributed by atoms with Crippen molar-refractivity contribution >= 4 is 33.6 Å². The number of nitrogens with zero attached hydrogens (tertiary/aromatic N) is 1. The highest BCUT2D eigenvalue weighted by Crippen LogP contribution is 2.26. The maximum Gasteiger partial charge on any atom is 0.407 e. The normalized spacial score (nSPS) is 12.7. The molecule has 0 aliphatic heterocycles. The first-order chi connectivity index (χ1) is 12.5. The molecule has 0 aliphatic carbocycles. The van der Waals surface area contributed by atoms with Crippen LogP contribution >= 0.6 is 11.3 Å². The van der Waals surface area contributed by atoms with Crippen molar-refractivity contribution in [3.05, 3.63) is 26.6 Å². The zero-order chi connectivity index (χ0) is 20.4. The van der Waals surface area contributed by atoms with Crippen LogP contribution in [0.25, 0.3) is 10.2 Å². The molecule has 2 heterocycles. The Balaban J connectivity index is 1.94. The molecule has 0 aromatic carbocycles. The minimum atomic E-state index is -0.709. The van der Waals surface area contributed by atoms with Crippen LogP contribution in [-0.2, 0) is 14.3 Å². The molecule has 2 N–H and O–H groups in total. The number of aryl methyl sites for hydroxylation is 2. The number of hydrogen-bond acceptors (Lipinski definition) is 7. The van der Waals surface area contributed by atoms with Gasteiger partial charge in [-0.25, -0.2) is 9.78 Å². The van der Waals surface area contributed by atoms with E-state index in [9.17, 15) is 14.4 Å². The summed E-state index contributed by atoms with van der Waals surface area (Å²) in [6.07, 6.45) is -1.32. The third-order valence-electron chi connectivity index (χ3n) is 3.75. The van der Waals surface area contributed by atoms with Crippen LogP contribution in [0.3, 0.4) is 0 Å². The third kappa shape index (κ3) is 5.53. The van der Waals surface area contributed by atoms with E-state index >= 15 is 0 Å². The Kier molecular flexibility index (Phi) is 6.25. The molecule has 0 radical (unpaired) electrons. The van der Waals surface area contributed by atoms with Gasteiger partial charge in [-0.3, -0.25) is 9.59 Å². The molecular formula is C18H25N3O5S. The smallest absolute Gasteiger partial charge is 0.407 e. The van der Waals surface area contributed by atoms with Crippen LogP contribution in [-0.4, -0.2) is 34.2 Å². The summed E-state index contributed by atoms with van der Waals surface area (Å²) in [4.78, 5) is 44.6. The lowest BCUT2D eigenvalue weighted by Crippen LogP contribution is -2.33. The summed E-state index contributed by atoms with van der Waals surface area (Å²) in [5, 5.41) is 3.06. The van der Waals surface area contributed by atoms with Gasteiger partial charge >= 0.3 is 12.1 Å². The number of ether oxygens (including phenoxy) is 2. The molecule has 2 aromatic rings. The first-order valence-corrected chi connectivity index (χ1v) is 9.46. The number of nitrogens with one attached hydrogen (secondary N) is 2. The fourth-order valence-corrected chi connectivity index (χ4v) is 3.39. The number of aromatic amines is 1. The number of amides is 1.